The number of aliphatic hydroxyl groups is 1. The summed E-state index contributed by atoms with van der Waals surface area (Å²) < 4.78 is 2.20. The molecule has 0 amide bonds. The number of hydrogen-bond donors (Lipinski definition) is 3. The summed E-state index contributed by atoms with van der Waals surface area (Å²) in [5.74, 6) is 0. The zero-order valence-electron chi connectivity index (χ0n) is 14.5. The molecule has 0 bridgehead atoms. The van der Waals surface area contributed by atoms with E-state index in [0.29, 0.717) is 23.1 Å². The SMILES string of the molecule is OCCNCCNCc1cn(Cc2c(Cl)cccc2Cl)c2ccccc12. The lowest BCUT2D eigenvalue weighted by Crippen LogP contribution is -2.28. The van der Waals surface area contributed by atoms with Crippen LogP contribution < -0.4 is 10.6 Å². The number of para-hydroxylation sites is 1. The van der Waals surface area contributed by atoms with Gasteiger partial charge in [-0.05, 0) is 23.8 Å². The maximum Gasteiger partial charge on any atom is 0.0555 e. The normalized spacial score (nSPS) is 11.3. The largest absolute Gasteiger partial charge is 0.395 e. The first-order valence-electron chi connectivity index (χ1n) is 8.72. The molecule has 0 saturated carbocycles. The Morgan fingerprint density at radius 3 is 2.38 bits per heavy atom. The van der Waals surface area contributed by atoms with Crippen LogP contribution in [0.15, 0.2) is 48.7 Å². The molecule has 0 aliphatic rings. The minimum absolute atomic E-state index is 0.165. The highest BCUT2D eigenvalue weighted by Crippen LogP contribution is 2.28. The molecule has 0 spiro atoms. The Labute approximate surface area is 163 Å². The van der Waals surface area contributed by atoms with Crippen molar-refractivity contribution in [3.8, 4) is 0 Å². The standard InChI is InChI=1S/C20H23Cl2N3O/c21-18-5-3-6-19(22)17(18)14-25-13-15(12-24-9-8-23-10-11-26)16-4-1-2-7-20(16)25/h1-7,13,23-24,26H,8-12,14H2. The topological polar surface area (TPSA) is 49.2 Å². The molecule has 0 aliphatic carbocycles. The maximum absolute atomic E-state index is 8.78. The van der Waals surface area contributed by atoms with E-state index in [4.69, 9.17) is 28.3 Å². The van der Waals surface area contributed by atoms with Crippen molar-refractivity contribution in [3.63, 3.8) is 0 Å². The van der Waals surface area contributed by atoms with Crippen molar-refractivity contribution in [2.45, 2.75) is 13.1 Å². The second kappa shape index (κ2) is 9.40. The summed E-state index contributed by atoms with van der Waals surface area (Å²) in [5, 5.41) is 18.0. The minimum atomic E-state index is 0.165. The van der Waals surface area contributed by atoms with Gasteiger partial charge in [-0.2, -0.15) is 0 Å². The second-order valence-corrected chi connectivity index (χ2v) is 6.96. The van der Waals surface area contributed by atoms with Crippen LogP contribution in [0.4, 0.5) is 0 Å². The first kappa shape index (κ1) is 19.2. The number of aliphatic hydroxyl groups excluding tert-OH is 1. The van der Waals surface area contributed by atoms with Crippen molar-refractivity contribution >= 4 is 34.1 Å². The summed E-state index contributed by atoms with van der Waals surface area (Å²) in [6.45, 7) is 3.88. The monoisotopic (exact) mass is 391 g/mol. The highest BCUT2D eigenvalue weighted by atomic mass is 35.5. The van der Waals surface area contributed by atoms with Crippen LogP contribution in [0, 0.1) is 0 Å². The lowest BCUT2D eigenvalue weighted by molar-refractivity contribution is 0.292. The molecule has 3 aromatic rings. The number of benzene rings is 2. The Bertz CT molecular complexity index is 843. The van der Waals surface area contributed by atoms with E-state index in [1.165, 1.54) is 16.5 Å². The fourth-order valence-electron chi connectivity index (χ4n) is 3.05. The molecule has 4 nitrogen and oxygen atoms in total. The van der Waals surface area contributed by atoms with Gasteiger partial charge in [0.25, 0.3) is 0 Å². The molecule has 0 aliphatic heterocycles. The molecule has 0 radical (unpaired) electrons. The number of rotatable bonds is 9. The molecule has 3 rings (SSSR count). The number of fused-ring (bicyclic) bond motifs is 1. The fourth-order valence-corrected chi connectivity index (χ4v) is 3.57. The highest BCUT2D eigenvalue weighted by Gasteiger charge is 2.11. The summed E-state index contributed by atoms with van der Waals surface area (Å²) in [5.41, 5.74) is 3.34. The van der Waals surface area contributed by atoms with Gasteiger partial charge in [-0.1, -0.05) is 47.5 Å². The van der Waals surface area contributed by atoms with Crippen molar-refractivity contribution in [2.75, 3.05) is 26.2 Å². The van der Waals surface area contributed by atoms with Crippen molar-refractivity contribution in [1.29, 1.82) is 0 Å². The molecule has 0 atom stereocenters. The Morgan fingerprint density at radius 1 is 0.885 bits per heavy atom. The van der Waals surface area contributed by atoms with Gasteiger partial charge in [-0.15, -0.1) is 0 Å². The van der Waals surface area contributed by atoms with Crippen molar-refractivity contribution in [1.82, 2.24) is 15.2 Å². The first-order chi connectivity index (χ1) is 12.7. The van der Waals surface area contributed by atoms with Crippen LogP contribution in [0.25, 0.3) is 10.9 Å². The van der Waals surface area contributed by atoms with E-state index >= 15 is 0 Å². The van der Waals surface area contributed by atoms with Crippen LogP contribution in [-0.4, -0.2) is 35.9 Å². The van der Waals surface area contributed by atoms with Crippen molar-refractivity contribution < 1.29 is 5.11 Å². The number of halogens is 2. The predicted octanol–water partition coefficient (Wildman–Crippen LogP) is 3.67. The van der Waals surface area contributed by atoms with Gasteiger partial charge in [-0.25, -0.2) is 0 Å². The predicted molar refractivity (Wildman–Crippen MR) is 109 cm³/mol. The molecule has 0 unspecified atom stereocenters. The third-order valence-corrected chi connectivity index (χ3v) is 5.05. The molecule has 138 valence electrons. The second-order valence-electron chi connectivity index (χ2n) is 6.15. The summed E-state index contributed by atoms with van der Waals surface area (Å²) in [7, 11) is 0. The van der Waals surface area contributed by atoms with Gasteiger partial charge in [0.1, 0.15) is 0 Å². The van der Waals surface area contributed by atoms with Crippen LogP contribution in [-0.2, 0) is 13.1 Å². The average Bonchev–Trinajstić information content (AvgIpc) is 2.99. The molecule has 6 heteroatoms. The smallest absolute Gasteiger partial charge is 0.0555 e. The van der Waals surface area contributed by atoms with Gasteiger partial charge >= 0.3 is 0 Å². The van der Waals surface area contributed by atoms with E-state index in [0.717, 1.165) is 25.2 Å². The van der Waals surface area contributed by atoms with Crippen LogP contribution >= 0.6 is 23.2 Å². The van der Waals surface area contributed by atoms with Gasteiger partial charge in [0.15, 0.2) is 0 Å². The molecule has 0 fully saturated rings. The molecule has 2 aromatic carbocycles. The third-order valence-electron chi connectivity index (χ3n) is 4.34. The van der Waals surface area contributed by atoms with Crippen LogP contribution in [0.3, 0.4) is 0 Å². The lowest BCUT2D eigenvalue weighted by atomic mass is 10.2. The lowest BCUT2D eigenvalue weighted by Gasteiger charge is -2.09. The maximum atomic E-state index is 8.78. The van der Waals surface area contributed by atoms with Crippen molar-refractivity contribution in [3.05, 3.63) is 69.8 Å². The van der Waals surface area contributed by atoms with E-state index in [-0.39, 0.29) is 6.61 Å². The molecule has 1 aromatic heterocycles. The molecular formula is C20H23Cl2N3O. The molecule has 26 heavy (non-hydrogen) atoms. The Balaban J connectivity index is 1.77. The van der Waals surface area contributed by atoms with Crippen molar-refractivity contribution in [2.24, 2.45) is 0 Å². The number of nitrogens with zero attached hydrogens (tertiary/aromatic N) is 1. The molecule has 3 N–H and O–H groups in total. The van der Waals surface area contributed by atoms with Gasteiger partial charge in [0, 0.05) is 58.9 Å². The van der Waals surface area contributed by atoms with Gasteiger partial charge in [0.2, 0.25) is 0 Å². The van der Waals surface area contributed by atoms with E-state index in [2.05, 4.69) is 39.6 Å². The van der Waals surface area contributed by atoms with E-state index < -0.39 is 0 Å². The van der Waals surface area contributed by atoms with E-state index in [1.54, 1.807) is 0 Å². The molecule has 1 heterocycles. The number of aromatic nitrogens is 1. The summed E-state index contributed by atoms with van der Waals surface area (Å²) in [4.78, 5) is 0. The zero-order valence-corrected chi connectivity index (χ0v) is 16.0. The molecular weight excluding hydrogens is 369 g/mol. The molecule has 0 saturated heterocycles. The fraction of sp³-hybridized carbons (Fsp3) is 0.300. The van der Waals surface area contributed by atoms with Gasteiger partial charge in [-0.3, -0.25) is 0 Å². The van der Waals surface area contributed by atoms with Crippen LogP contribution in [0.2, 0.25) is 10.0 Å². The Morgan fingerprint density at radius 2 is 1.62 bits per heavy atom. The summed E-state index contributed by atoms with van der Waals surface area (Å²) in [6, 6.07) is 14.0. The van der Waals surface area contributed by atoms with Gasteiger partial charge in [0.05, 0.1) is 13.2 Å². The summed E-state index contributed by atoms with van der Waals surface area (Å²) >= 11 is 12.7. The third kappa shape index (κ3) is 4.58. The number of nitrogens with one attached hydrogen (secondary N) is 2. The first-order valence-corrected chi connectivity index (χ1v) is 9.48. The van der Waals surface area contributed by atoms with Crippen LogP contribution in [0.1, 0.15) is 11.1 Å². The van der Waals surface area contributed by atoms with Crippen LogP contribution in [0.5, 0.6) is 0 Å². The Hall–Kier alpha value is -1.56. The van der Waals surface area contributed by atoms with E-state index in [9.17, 15) is 0 Å². The van der Waals surface area contributed by atoms with Gasteiger partial charge < -0.3 is 20.3 Å². The highest BCUT2D eigenvalue weighted by molar-refractivity contribution is 6.36. The zero-order chi connectivity index (χ0) is 18.4. The minimum Gasteiger partial charge on any atom is -0.395 e. The Kier molecular flexibility index (Phi) is 6.94. The summed E-state index contributed by atoms with van der Waals surface area (Å²) in [6.07, 6.45) is 2.17. The quantitative estimate of drug-likeness (QED) is 0.487. The number of hydrogen-bond acceptors (Lipinski definition) is 3. The van der Waals surface area contributed by atoms with E-state index in [1.807, 2.05) is 24.3 Å². The average molecular weight is 392 g/mol.